The van der Waals surface area contributed by atoms with Crippen molar-refractivity contribution in [2.75, 3.05) is 6.61 Å². The molecular weight excluding hydrogens is 330 g/mol. The summed E-state index contributed by atoms with van der Waals surface area (Å²) in [6, 6.07) is 5.70. The first-order valence-corrected chi connectivity index (χ1v) is 9.80. The molecule has 0 spiro atoms. The van der Waals surface area contributed by atoms with Crippen molar-refractivity contribution >= 4 is 10.8 Å². The zero-order chi connectivity index (χ0) is 18.3. The van der Waals surface area contributed by atoms with Gasteiger partial charge in [0.1, 0.15) is 5.75 Å². The number of hydrogen-bond acceptors (Lipinski definition) is 1. The molecule has 1 atom stereocenters. The van der Waals surface area contributed by atoms with Crippen LogP contribution in [0, 0.1) is 29.4 Å². The summed E-state index contributed by atoms with van der Waals surface area (Å²) in [6.45, 7) is 6.36. The van der Waals surface area contributed by atoms with Crippen LogP contribution in [0.5, 0.6) is 5.75 Å². The molecule has 1 aliphatic carbocycles. The highest BCUT2D eigenvalue weighted by atomic mass is 19.2. The van der Waals surface area contributed by atoms with E-state index < -0.39 is 11.6 Å². The Balaban J connectivity index is 1.63. The van der Waals surface area contributed by atoms with Gasteiger partial charge >= 0.3 is 0 Å². The van der Waals surface area contributed by atoms with Gasteiger partial charge in [-0.25, -0.2) is 8.78 Å². The first-order chi connectivity index (χ1) is 12.6. The van der Waals surface area contributed by atoms with Crippen LogP contribution in [0.1, 0.15) is 43.7 Å². The second-order valence-electron chi connectivity index (χ2n) is 7.85. The van der Waals surface area contributed by atoms with E-state index in [4.69, 9.17) is 4.74 Å². The summed E-state index contributed by atoms with van der Waals surface area (Å²) in [7, 11) is 0. The van der Waals surface area contributed by atoms with Gasteiger partial charge in [-0.15, -0.1) is 6.58 Å². The third-order valence-electron chi connectivity index (χ3n) is 6.42. The zero-order valence-corrected chi connectivity index (χ0v) is 15.4. The summed E-state index contributed by atoms with van der Waals surface area (Å²) >= 11 is 0. The number of fused-ring (bicyclic) bond motifs is 3. The molecule has 0 saturated heterocycles. The van der Waals surface area contributed by atoms with Crippen molar-refractivity contribution in [3.8, 4) is 5.75 Å². The minimum Gasteiger partial charge on any atom is -0.492 e. The van der Waals surface area contributed by atoms with E-state index in [0.717, 1.165) is 17.4 Å². The fourth-order valence-electron chi connectivity index (χ4n) is 4.76. The molecule has 1 saturated carbocycles. The van der Waals surface area contributed by atoms with E-state index in [1.54, 1.807) is 6.07 Å². The maximum atomic E-state index is 14.7. The highest BCUT2D eigenvalue weighted by Crippen LogP contribution is 2.42. The summed E-state index contributed by atoms with van der Waals surface area (Å²) < 4.78 is 35.0. The van der Waals surface area contributed by atoms with Crippen molar-refractivity contribution in [2.45, 2.75) is 45.4 Å². The molecule has 1 heterocycles. The van der Waals surface area contributed by atoms with Crippen LogP contribution in [0.25, 0.3) is 10.8 Å². The second-order valence-corrected chi connectivity index (χ2v) is 7.85. The Labute approximate surface area is 154 Å². The van der Waals surface area contributed by atoms with Crippen LogP contribution in [0.2, 0.25) is 0 Å². The molecule has 1 unspecified atom stereocenters. The molecule has 2 aliphatic rings. The lowest BCUT2D eigenvalue weighted by Crippen LogP contribution is -2.30. The van der Waals surface area contributed by atoms with Crippen LogP contribution in [0.3, 0.4) is 0 Å². The van der Waals surface area contributed by atoms with Gasteiger partial charge in [-0.3, -0.25) is 0 Å². The number of ether oxygens (including phenoxy) is 1. The van der Waals surface area contributed by atoms with Crippen molar-refractivity contribution in [3.05, 3.63) is 53.6 Å². The van der Waals surface area contributed by atoms with Gasteiger partial charge in [-0.05, 0) is 78.9 Å². The summed E-state index contributed by atoms with van der Waals surface area (Å²) in [5.74, 6) is 0.824. The van der Waals surface area contributed by atoms with Crippen LogP contribution in [-0.2, 0) is 12.8 Å². The summed E-state index contributed by atoms with van der Waals surface area (Å²) in [5.41, 5.74) is 1.43. The van der Waals surface area contributed by atoms with Gasteiger partial charge in [0, 0.05) is 0 Å². The molecular formula is C23H26F2O. The number of allylic oxidation sites excluding steroid dienone is 1. The van der Waals surface area contributed by atoms with Crippen molar-refractivity contribution < 1.29 is 13.5 Å². The maximum Gasteiger partial charge on any atom is 0.170 e. The molecule has 1 aliphatic heterocycles. The van der Waals surface area contributed by atoms with Gasteiger partial charge < -0.3 is 4.74 Å². The average molecular weight is 356 g/mol. The molecule has 0 bridgehead atoms. The van der Waals surface area contributed by atoms with E-state index in [-0.39, 0.29) is 0 Å². The number of hydrogen-bond donors (Lipinski definition) is 0. The molecule has 4 rings (SSSR count). The monoisotopic (exact) mass is 356 g/mol. The number of aryl methyl sites for hydroxylation is 1. The average Bonchev–Trinajstić information content (AvgIpc) is 2.69. The first-order valence-electron chi connectivity index (χ1n) is 9.80. The fraction of sp³-hybridized carbons (Fsp3) is 0.478. The Morgan fingerprint density at radius 1 is 1.12 bits per heavy atom. The molecule has 0 radical (unpaired) electrons. The predicted molar refractivity (Wildman–Crippen MR) is 102 cm³/mol. The van der Waals surface area contributed by atoms with E-state index in [1.165, 1.54) is 25.7 Å². The molecule has 2 aromatic carbocycles. The highest BCUT2D eigenvalue weighted by Gasteiger charge is 2.32. The van der Waals surface area contributed by atoms with Crippen molar-refractivity contribution in [2.24, 2.45) is 17.8 Å². The molecule has 0 aromatic heterocycles. The molecule has 1 nitrogen and oxygen atoms in total. The van der Waals surface area contributed by atoms with Gasteiger partial charge in [-0.2, -0.15) is 0 Å². The van der Waals surface area contributed by atoms with Crippen LogP contribution >= 0.6 is 0 Å². The Bertz CT molecular complexity index is 834. The van der Waals surface area contributed by atoms with Gasteiger partial charge in [0.25, 0.3) is 0 Å². The van der Waals surface area contributed by atoms with Gasteiger partial charge in [-0.1, -0.05) is 25.1 Å². The van der Waals surface area contributed by atoms with Crippen LogP contribution < -0.4 is 4.74 Å². The van der Waals surface area contributed by atoms with E-state index in [2.05, 4.69) is 12.7 Å². The van der Waals surface area contributed by atoms with Crippen LogP contribution in [0.15, 0.2) is 30.9 Å². The minimum absolute atomic E-state index is 0.311. The fourth-order valence-corrected chi connectivity index (χ4v) is 4.76. The Hall–Kier alpha value is -1.90. The lowest BCUT2D eigenvalue weighted by molar-refractivity contribution is 0.136. The normalized spacial score (nSPS) is 25.6. The van der Waals surface area contributed by atoms with Crippen LogP contribution in [0.4, 0.5) is 8.78 Å². The Kier molecular flexibility index (Phi) is 4.73. The number of rotatable bonds is 3. The third-order valence-corrected chi connectivity index (χ3v) is 6.42. The van der Waals surface area contributed by atoms with Gasteiger partial charge in [0.05, 0.1) is 12.0 Å². The number of benzene rings is 2. The molecule has 26 heavy (non-hydrogen) atoms. The Morgan fingerprint density at radius 2 is 1.88 bits per heavy atom. The highest BCUT2D eigenvalue weighted by molar-refractivity contribution is 5.91. The lowest BCUT2D eigenvalue weighted by Gasteiger charge is -2.36. The van der Waals surface area contributed by atoms with E-state index >= 15 is 0 Å². The molecule has 2 aromatic rings. The standard InChI is InChI=1S/C23H26F2O/c1-3-14-5-7-16(8-6-14)19-12-18-10-9-17-11-15(4-2)21(24)22(25)20(17)23(18)26-13-19/h3,9-11,14,16,19H,1,4-8,12-13H2,2H3. The van der Waals surface area contributed by atoms with Gasteiger partial charge in [0.2, 0.25) is 0 Å². The zero-order valence-electron chi connectivity index (χ0n) is 15.4. The third kappa shape index (κ3) is 2.91. The number of halogens is 2. The van der Waals surface area contributed by atoms with Crippen molar-refractivity contribution in [3.63, 3.8) is 0 Å². The molecule has 3 heteroatoms. The van der Waals surface area contributed by atoms with E-state index in [1.807, 2.05) is 19.1 Å². The Morgan fingerprint density at radius 3 is 2.58 bits per heavy atom. The minimum atomic E-state index is -0.763. The summed E-state index contributed by atoms with van der Waals surface area (Å²) in [5, 5.41) is 1.04. The van der Waals surface area contributed by atoms with Crippen molar-refractivity contribution in [1.29, 1.82) is 0 Å². The van der Waals surface area contributed by atoms with E-state index in [0.29, 0.717) is 47.5 Å². The quantitative estimate of drug-likeness (QED) is 0.593. The second kappa shape index (κ2) is 7.02. The molecule has 138 valence electrons. The lowest BCUT2D eigenvalue weighted by atomic mass is 9.73. The first kappa shape index (κ1) is 17.5. The van der Waals surface area contributed by atoms with Crippen molar-refractivity contribution in [1.82, 2.24) is 0 Å². The topological polar surface area (TPSA) is 9.23 Å². The maximum absolute atomic E-state index is 14.7. The van der Waals surface area contributed by atoms with Gasteiger partial charge in [0.15, 0.2) is 11.6 Å². The molecule has 0 amide bonds. The predicted octanol–water partition coefficient (Wildman–Crippen LogP) is 6.22. The summed E-state index contributed by atoms with van der Waals surface area (Å²) in [6.07, 6.45) is 8.27. The summed E-state index contributed by atoms with van der Waals surface area (Å²) in [4.78, 5) is 0. The molecule has 0 N–H and O–H groups in total. The SMILES string of the molecule is C=CC1CCC(C2COc3c(ccc4cc(CC)c(F)c(F)c34)C2)CC1. The largest absolute Gasteiger partial charge is 0.492 e. The smallest absolute Gasteiger partial charge is 0.170 e. The van der Waals surface area contributed by atoms with Crippen LogP contribution in [-0.4, -0.2) is 6.61 Å². The van der Waals surface area contributed by atoms with E-state index in [9.17, 15) is 8.78 Å². The molecule has 1 fully saturated rings.